The number of carbonyl (C=O) groups excluding carboxylic acids is 1. The number of anilines is 1. The first-order valence-corrected chi connectivity index (χ1v) is 10.1. The molecule has 1 aliphatic heterocycles. The van der Waals surface area contributed by atoms with E-state index in [9.17, 15) is 4.79 Å². The lowest BCUT2D eigenvalue weighted by Gasteiger charge is -2.20. The van der Waals surface area contributed by atoms with E-state index in [0.717, 1.165) is 15.6 Å². The fourth-order valence-electron chi connectivity index (χ4n) is 3.21. The maximum Gasteiger partial charge on any atom is 0.282 e. The number of nitrogens with zero attached hydrogens (tertiary/aromatic N) is 2. The van der Waals surface area contributed by atoms with Crippen LogP contribution in [-0.2, 0) is 4.79 Å². The van der Waals surface area contributed by atoms with E-state index in [0.29, 0.717) is 28.7 Å². The largest absolute Gasteiger partial charge is 0.497 e. The molecule has 0 fully saturated rings. The lowest BCUT2D eigenvalue weighted by atomic mass is 10.1. The van der Waals surface area contributed by atoms with E-state index in [1.807, 2.05) is 72.8 Å². The smallest absolute Gasteiger partial charge is 0.282 e. The Morgan fingerprint density at radius 1 is 0.900 bits per heavy atom. The van der Waals surface area contributed by atoms with Gasteiger partial charge in [-0.2, -0.15) is 0 Å². The van der Waals surface area contributed by atoms with Crippen LogP contribution in [0.3, 0.4) is 0 Å². The van der Waals surface area contributed by atoms with Gasteiger partial charge >= 0.3 is 0 Å². The van der Waals surface area contributed by atoms with Crippen LogP contribution in [0.15, 0.2) is 88.0 Å². The highest BCUT2D eigenvalue weighted by Gasteiger charge is 2.33. The van der Waals surface area contributed by atoms with Crippen LogP contribution in [0.1, 0.15) is 11.1 Å². The number of carbonyl (C=O) groups is 1. The normalized spacial score (nSPS) is 14.8. The fourth-order valence-corrected chi connectivity index (χ4v) is 3.48. The first-order chi connectivity index (χ1) is 14.6. The molecule has 3 aromatic carbocycles. The highest BCUT2D eigenvalue weighted by Crippen LogP contribution is 2.32. The first-order valence-electron chi connectivity index (χ1n) is 9.28. The maximum atomic E-state index is 13.4. The molecule has 0 atom stereocenters. The van der Waals surface area contributed by atoms with Gasteiger partial charge in [-0.05, 0) is 60.2 Å². The van der Waals surface area contributed by atoms with E-state index < -0.39 is 0 Å². The number of para-hydroxylation sites is 1. The third kappa shape index (κ3) is 3.86. The summed E-state index contributed by atoms with van der Waals surface area (Å²) in [4.78, 5) is 19.7. The molecule has 3 aromatic rings. The number of rotatable bonds is 5. The van der Waals surface area contributed by atoms with Gasteiger partial charge in [-0.15, -0.1) is 0 Å². The van der Waals surface area contributed by atoms with Gasteiger partial charge in [0, 0.05) is 4.47 Å². The van der Waals surface area contributed by atoms with E-state index in [1.54, 1.807) is 25.2 Å². The van der Waals surface area contributed by atoms with Crippen LogP contribution in [-0.4, -0.2) is 26.0 Å². The molecule has 0 saturated carbocycles. The molecule has 4 rings (SSSR count). The molecule has 30 heavy (non-hydrogen) atoms. The van der Waals surface area contributed by atoms with Crippen molar-refractivity contribution in [1.82, 2.24) is 0 Å². The van der Waals surface area contributed by atoms with Gasteiger partial charge in [0.05, 0.1) is 25.5 Å². The summed E-state index contributed by atoms with van der Waals surface area (Å²) in [6.07, 6.45) is 1.79. The minimum absolute atomic E-state index is 0.205. The maximum absolute atomic E-state index is 13.4. The van der Waals surface area contributed by atoms with Gasteiger partial charge in [-0.25, -0.2) is 4.99 Å². The van der Waals surface area contributed by atoms with Gasteiger partial charge in [-0.1, -0.05) is 40.2 Å². The minimum atomic E-state index is -0.205. The Kier molecular flexibility index (Phi) is 5.68. The highest BCUT2D eigenvalue weighted by atomic mass is 79.9. The van der Waals surface area contributed by atoms with Crippen LogP contribution in [0.2, 0.25) is 0 Å². The molecule has 6 heteroatoms. The molecule has 1 amide bonds. The minimum Gasteiger partial charge on any atom is -0.497 e. The zero-order valence-corrected chi connectivity index (χ0v) is 18.1. The van der Waals surface area contributed by atoms with Crippen LogP contribution in [0.5, 0.6) is 11.5 Å². The number of methoxy groups -OCH3 is 2. The number of aliphatic imine (C=N–C) groups is 1. The Labute approximate surface area is 183 Å². The fraction of sp³-hybridized carbons (Fsp3) is 0.0833. The summed E-state index contributed by atoms with van der Waals surface area (Å²) in [6, 6.07) is 22.6. The van der Waals surface area contributed by atoms with Crippen molar-refractivity contribution in [3.8, 4) is 11.5 Å². The molecule has 0 N–H and O–H groups in total. The van der Waals surface area contributed by atoms with Gasteiger partial charge in [0.25, 0.3) is 5.91 Å². The summed E-state index contributed by atoms with van der Waals surface area (Å²) in [5, 5.41) is 0. The lowest BCUT2D eigenvalue weighted by molar-refractivity contribution is -0.113. The van der Waals surface area contributed by atoms with E-state index in [1.165, 1.54) is 0 Å². The van der Waals surface area contributed by atoms with Crippen LogP contribution >= 0.6 is 15.9 Å². The second-order valence-corrected chi connectivity index (χ2v) is 7.47. The number of hydrogen-bond donors (Lipinski definition) is 0. The molecule has 5 nitrogen and oxygen atoms in total. The predicted molar refractivity (Wildman–Crippen MR) is 122 cm³/mol. The molecule has 1 heterocycles. The first kappa shape index (κ1) is 19.9. The monoisotopic (exact) mass is 462 g/mol. The van der Waals surface area contributed by atoms with Crippen molar-refractivity contribution in [2.45, 2.75) is 0 Å². The third-order valence-corrected chi connectivity index (χ3v) is 5.24. The summed E-state index contributed by atoms with van der Waals surface area (Å²) in [6.45, 7) is 0. The van der Waals surface area contributed by atoms with Crippen molar-refractivity contribution < 1.29 is 14.3 Å². The van der Waals surface area contributed by atoms with Crippen molar-refractivity contribution in [2.24, 2.45) is 4.99 Å². The number of halogens is 1. The van der Waals surface area contributed by atoms with E-state index in [2.05, 4.69) is 15.9 Å². The van der Waals surface area contributed by atoms with E-state index >= 15 is 0 Å². The van der Waals surface area contributed by atoms with Gasteiger partial charge in [0.2, 0.25) is 0 Å². The Morgan fingerprint density at radius 3 is 2.27 bits per heavy atom. The number of ether oxygens (including phenoxy) is 2. The summed E-state index contributed by atoms with van der Waals surface area (Å²) in [5.74, 6) is 1.68. The third-order valence-electron chi connectivity index (χ3n) is 4.71. The molecule has 0 saturated heterocycles. The van der Waals surface area contributed by atoms with Crippen LogP contribution in [0.4, 0.5) is 5.69 Å². The zero-order chi connectivity index (χ0) is 21.1. The molecule has 0 bridgehead atoms. The van der Waals surface area contributed by atoms with Crippen LogP contribution in [0, 0.1) is 0 Å². The Hall–Kier alpha value is -3.38. The number of amidine groups is 1. The van der Waals surface area contributed by atoms with Crippen LogP contribution in [0.25, 0.3) is 6.08 Å². The molecule has 150 valence electrons. The number of hydrogen-bond acceptors (Lipinski definition) is 4. The molecule has 0 spiro atoms. The van der Waals surface area contributed by atoms with E-state index in [4.69, 9.17) is 14.5 Å². The molecular formula is C24H19BrN2O3. The lowest BCUT2D eigenvalue weighted by Crippen LogP contribution is -2.32. The van der Waals surface area contributed by atoms with E-state index in [-0.39, 0.29) is 5.91 Å². The van der Waals surface area contributed by atoms with Crippen molar-refractivity contribution in [3.63, 3.8) is 0 Å². The average Bonchev–Trinajstić information content (AvgIpc) is 3.11. The van der Waals surface area contributed by atoms with Crippen molar-refractivity contribution >= 4 is 39.4 Å². The average molecular weight is 463 g/mol. The molecular weight excluding hydrogens is 444 g/mol. The van der Waals surface area contributed by atoms with Crippen molar-refractivity contribution in [3.05, 3.63) is 94.1 Å². The Morgan fingerprint density at radius 2 is 1.60 bits per heavy atom. The predicted octanol–water partition coefficient (Wildman–Crippen LogP) is 5.30. The van der Waals surface area contributed by atoms with Crippen molar-refractivity contribution in [2.75, 3.05) is 19.1 Å². The molecule has 0 radical (unpaired) electrons. The van der Waals surface area contributed by atoms with Gasteiger partial charge < -0.3 is 9.47 Å². The number of benzene rings is 3. The highest BCUT2D eigenvalue weighted by molar-refractivity contribution is 9.10. The number of amides is 1. The van der Waals surface area contributed by atoms with Crippen LogP contribution < -0.4 is 14.4 Å². The molecule has 0 aliphatic carbocycles. The quantitative estimate of drug-likeness (QED) is 0.483. The summed E-state index contributed by atoms with van der Waals surface area (Å²) in [5.41, 5.74) is 2.68. The standard InChI is InChI=1S/C24H19BrN2O3/c1-29-19-13-11-18(12-14-19)27-23(20-5-3-4-6-22(20)30-2)26-21(24(27)28)15-16-7-9-17(25)10-8-16/h3-15H,1-2H3/b21-15+. The molecule has 1 aliphatic rings. The van der Waals surface area contributed by atoms with Crippen molar-refractivity contribution in [1.29, 1.82) is 0 Å². The summed E-state index contributed by atoms with van der Waals surface area (Å²) in [7, 11) is 3.21. The second kappa shape index (κ2) is 8.55. The molecule has 0 aromatic heterocycles. The SMILES string of the molecule is COc1ccc(N2C(=O)/C(=C\c3ccc(Br)cc3)N=C2c2ccccc2OC)cc1. The molecule has 0 unspecified atom stereocenters. The van der Waals surface area contributed by atoms with Gasteiger partial charge in [-0.3, -0.25) is 9.69 Å². The second-order valence-electron chi connectivity index (χ2n) is 6.56. The topological polar surface area (TPSA) is 51.1 Å². The Balaban J connectivity index is 1.83. The van der Waals surface area contributed by atoms with Gasteiger partial charge in [0.1, 0.15) is 17.2 Å². The summed E-state index contributed by atoms with van der Waals surface area (Å²) < 4.78 is 11.7. The zero-order valence-electron chi connectivity index (χ0n) is 16.5. The summed E-state index contributed by atoms with van der Waals surface area (Å²) >= 11 is 3.43. The Bertz CT molecular complexity index is 1140. The van der Waals surface area contributed by atoms with Gasteiger partial charge in [0.15, 0.2) is 5.84 Å².